The topological polar surface area (TPSA) is 23.8 Å². The van der Waals surface area contributed by atoms with E-state index in [0.717, 1.165) is 12.1 Å². The minimum atomic E-state index is -2.30. The van der Waals surface area contributed by atoms with E-state index in [1.54, 1.807) is 6.07 Å². The van der Waals surface area contributed by atoms with Gasteiger partial charge in [-0.25, -0.2) is 26.3 Å². The molecule has 0 aliphatic heterocycles. The molecule has 2 aromatic rings. The Morgan fingerprint density at radius 3 is 1.86 bits per heavy atom. The van der Waals surface area contributed by atoms with Crippen LogP contribution in [-0.4, -0.2) is 0 Å². The van der Waals surface area contributed by atoms with Crippen molar-refractivity contribution in [2.45, 2.75) is 6.42 Å². The predicted octanol–water partition coefficient (Wildman–Crippen LogP) is 4.25. The van der Waals surface area contributed by atoms with Gasteiger partial charge in [-0.15, -0.1) is 0 Å². The smallest absolute Gasteiger partial charge is 0.200 e. The molecule has 0 radical (unpaired) electrons. The molecule has 0 bridgehead atoms. The van der Waals surface area contributed by atoms with Gasteiger partial charge in [-0.05, 0) is 23.3 Å². The Morgan fingerprint density at radius 1 is 0.810 bits per heavy atom. The molecule has 7 heteroatoms. The van der Waals surface area contributed by atoms with Crippen LogP contribution in [0.1, 0.15) is 5.56 Å². The Labute approximate surface area is 115 Å². The molecule has 108 valence electrons. The number of halogens is 6. The van der Waals surface area contributed by atoms with Gasteiger partial charge in [0, 0.05) is 0 Å². The molecule has 2 aromatic carbocycles. The van der Waals surface area contributed by atoms with E-state index in [4.69, 9.17) is 5.26 Å². The minimum Gasteiger partial charge on any atom is -0.207 e. The average Bonchev–Trinajstić information content (AvgIpc) is 2.46. The van der Waals surface area contributed by atoms with Gasteiger partial charge < -0.3 is 0 Å². The van der Waals surface area contributed by atoms with Crippen LogP contribution in [-0.2, 0) is 6.42 Å². The number of benzene rings is 2. The van der Waals surface area contributed by atoms with E-state index in [1.807, 2.05) is 0 Å². The van der Waals surface area contributed by atoms with Crippen molar-refractivity contribution in [3.63, 3.8) is 0 Å². The van der Waals surface area contributed by atoms with Crippen molar-refractivity contribution < 1.29 is 26.3 Å². The lowest BCUT2D eigenvalue weighted by atomic mass is 9.96. The van der Waals surface area contributed by atoms with Crippen LogP contribution in [0.2, 0.25) is 0 Å². The largest absolute Gasteiger partial charge is 0.207 e. The fraction of sp³-hybridized carbons (Fsp3) is 0.0714. The van der Waals surface area contributed by atoms with Crippen LogP contribution >= 0.6 is 0 Å². The van der Waals surface area contributed by atoms with Gasteiger partial charge in [0.25, 0.3) is 0 Å². The molecule has 2 rings (SSSR count). The van der Waals surface area contributed by atoms with Crippen LogP contribution in [0.4, 0.5) is 26.3 Å². The lowest BCUT2D eigenvalue weighted by Gasteiger charge is -2.11. The van der Waals surface area contributed by atoms with E-state index < -0.39 is 46.0 Å². The van der Waals surface area contributed by atoms with Crippen molar-refractivity contribution in [2.24, 2.45) is 0 Å². The molecule has 0 aliphatic carbocycles. The van der Waals surface area contributed by atoms with Crippen LogP contribution in [0.5, 0.6) is 0 Å². The summed E-state index contributed by atoms with van der Waals surface area (Å²) in [6.45, 7) is 0. The number of nitriles is 1. The summed E-state index contributed by atoms with van der Waals surface area (Å²) in [4.78, 5) is 0. The Balaban J connectivity index is 2.85. The fourth-order valence-corrected chi connectivity index (χ4v) is 1.86. The van der Waals surface area contributed by atoms with Gasteiger partial charge in [-0.2, -0.15) is 5.26 Å². The Kier molecular flexibility index (Phi) is 3.89. The third-order valence-corrected chi connectivity index (χ3v) is 2.82. The molecule has 0 N–H and O–H groups in total. The molecule has 0 aliphatic rings. The van der Waals surface area contributed by atoms with Crippen molar-refractivity contribution in [1.82, 2.24) is 0 Å². The third-order valence-electron chi connectivity index (χ3n) is 2.82. The highest BCUT2D eigenvalue weighted by molar-refractivity contribution is 5.69. The molecule has 0 saturated heterocycles. The first-order chi connectivity index (χ1) is 9.88. The summed E-state index contributed by atoms with van der Waals surface area (Å²) in [5.74, 6) is -11.6. The second-order valence-electron chi connectivity index (χ2n) is 4.08. The number of rotatable bonds is 2. The van der Waals surface area contributed by atoms with E-state index >= 15 is 0 Å². The molecule has 0 saturated carbocycles. The monoisotopic (exact) mass is 301 g/mol. The van der Waals surface area contributed by atoms with Crippen molar-refractivity contribution in [3.05, 3.63) is 58.7 Å². The average molecular weight is 301 g/mol. The van der Waals surface area contributed by atoms with Crippen molar-refractivity contribution in [3.8, 4) is 17.2 Å². The zero-order chi connectivity index (χ0) is 15.7. The van der Waals surface area contributed by atoms with Crippen LogP contribution in [0.3, 0.4) is 0 Å². The van der Waals surface area contributed by atoms with Crippen LogP contribution in [0.15, 0.2) is 18.2 Å². The predicted molar refractivity (Wildman–Crippen MR) is 60.9 cm³/mol. The quantitative estimate of drug-likeness (QED) is 0.462. The third kappa shape index (κ3) is 2.44. The lowest BCUT2D eigenvalue weighted by molar-refractivity contribution is 0.381. The molecule has 0 unspecified atom stereocenters. The summed E-state index contributed by atoms with van der Waals surface area (Å²) < 4.78 is 80.0. The van der Waals surface area contributed by atoms with Crippen molar-refractivity contribution >= 4 is 0 Å². The summed E-state index contributed by atoms with van der Waals surface area (Å²) in [5.41, 5.74) is -1.86. The van der Waals surface area contributed by atoms with E-state index in [9.17, 15) is 26.3 Å². The fourth-order valence-electron chi connectivity index (χ4n) is 1.86. The number of hydrogen-bond donors (Lipinski definition) is 0. The first-order valence-corrected chi connectivity index (χ1v) is 5.55. The van der Waals surface area contributed by atoms with Gasteiger partial charge >= 0.3 is 0 Å². The van der Waals surface area contributed by atoms with Crippen LogP contribution in [0.25, 0.3) is 11.1 Å². The molecule has 0 heterocycles. The zero-order valence-corrected chi connectivity index (χ0v) is 10.2. The van der Waals surface area contributed by atoms with Crippen LogP contribution < -0.4 is 0 Å². The summed E-state index contributed by atoms with van der Waals surface area (Å²) in [7, 11) is 0. The second-order valence-corrected chi connectivity index (χ2v) is 4.08. The zero-order valence-electron chi connectivity index (χ0n) is 10.2. The normalized spacial score (nSPS) is 10.5. The molecule has 0 atom stereocenters. The first kappa shape index (κ1) is 14.9. The maximum atomic E-state index is 13.7. The summed E-state index contributed by atoms with van der Waals surface area (Å²) in [6, 6.07) is 4.25. The molecule has 0 spiro atoms. The maximum Gasteiger partial charge on any atom is 0.200 e. The highest BCUT2D eigenvalue weighted by Gasteiger charge is 2.27. The Morgan fingerprint density at radius 2 is 1.33 bits per heavy atom. The molecule has 0 amide bonds. The van der Waals surface area contributed by atoms with Gasteiger partial charge in [0.2, 0.25) is 5.82 Å². The maximum absolute atomic E-state index is 13.7. The molecule has 0 fully saturated rings. The van der Waals surface area contributed by atoms with Crippen molar-refractivity contribution in [2.75, 3.05) is 0 Å². The molecule has 21 heavy (non-hydrogen) atoms. The van der Waals surface area contributed by atoms with E-state index in [-0.39, 0.29) is 12.0 Å². The minimum absolute atomic E-state index is 0.0536. The van der Waals surface area contributed by atoms with Gasteiger partial charge in [0.05, 0.1) is 18.1 Å². The van der Waals surface area contributed by atoms with Gasteiger partial charge in [-0.1, -0.05) is 6.07 Å². The highest BCUT2D eigenvalue weighted by atomic mass is 19.2. The number of nitrogens with zero attached hydrogens (tertiary/aromatic N) is 1. The first-order valence-electron chi connectivity index (χ1n) is 5.55. The van der Waals surface area contributed by atoms with Gasteiger partial charge in [-0.3, -0.25) is 0 Å². The highest BCUT2D eigenvalue weighted by Crippen LogP contribution is 2.34. The Hall–Kier alpha value is -2.49. The Bertz CT molecular complexity index is 734. The van der Waals surface area contributed by atoms with E-state index in [1.165, 1.54) is 0 Å². The van der Waals surface area contributed by atoms with E-state index in [2.05, 4.69) is 0 Å². The lowest BCUT2D eigenvalue weighted by Crippen LogP contribution is -2.05. The molecular weight excluding hydrogens is 296 g/mol. The number of hydrogen-bond acceptors (Lipinski definition) is 1. The van der Waals surface area contributed by atoms with Crippen molar-refractivity contribution in [1.29, 1.82) is 5.26 Å². The van der Waals surface area contributed by atoms with Gasteiger partial charge in [0.15, 0.2) is 23.3 Å². The molecular formula is C14H5F6N. The summed E-state index contributed by atoms with van der Waals surface area (Å²) in [6.07, 6.45) is -0.380. The molecule has 0 aromatic heterocycles. The second kappa shape index (κ2) is 5.48. The summed E-state index contributed by atoms with van der Waals surface area (Å²) in [5, 5.41) is 8.61. The van der Waals surface area contributed by atoms with Gasteiger partial charge in [0.1, 0.15) is 5.82 Å². The standard InChI is InChI=1S/C14H5F6N/c15-7-2-1-6(3-4-21)8(5-7)9-10(16)12(18)14(20)13(19)11(9)17/h1-2,5H,3H2. The summed E-state index contributed by atoms with van der Waals surface area (Å²) >= 11 is 0. The molecule has 1 nitrogen and oxygen atoms in total. The van der Waals surface area contributed by atoms with E-state index in [0.29, 0.717) is 6.07 Å². The SMILES string of the molecule is N#CCc1ccc(F)cc1-c1c(F)c(F)c(F)c(F)c1F. The van der Waals surface area contributed by atoms with Crippen LogP contribution in [0, 0.1) is 46.2 Å².